The highest BCUT2D eigenvalue weighted by atomic mass is 16.6. The van der Waals surface area contributed by atoms with Crippen LogP contribution >= 0.6 is 0 Å². The highest BCUT2D eigenvalue weighted by molar-refractivity contribution is 5.94. The van der Waals surface area contributed by atoms with Crippen LogP contribution in [0, 0.1) is 5.41 Å². The Morgan fingerprint density at radius 1 is 0.726 bits per heavy atom. The topological polar surface area (TPSA) is 202 Å². The number of benzene rings is 3. The first kappa shape index (κ1) is 58.1. The van der Waals surface area contributed by atoms with Crippen molar-refractivity contribution < 1.29 is 61.9 Å². The van der Waals surface area contributed by atoms with Gasteiger partial charge in [-0.05, 0) is 92.3 Å². The van der Waals surface area contributed by atoms with Crippen LogP contribution in [-0.2, 0) is 73.5 Å². The van der Waals surface area contributed by atoms with E-state index in [-0.39, 0.29) is 38.1 Å². The van der Waals surface area contributed by atoms with Crippen molar-refractivity contribution in [1.82, 2.24) is 25.8 Å². The lowest BCUT2D eigenvalue weighted by Crippen LogP contribution is -2.62. The van der Waals surface area contributed by atoms with E-state index in [4.69, 9.17) is 37.9 Å². The smallest absolute Gasteiger partial charge is 0.410 e. The molecular formula is C55H79N5O13. The average molecular weight is 1020 g/mol. The summed E-state index contributed by atoms with van der Waals surface area (Å²) in [5.41, 5.74) is 3.51. The first-order chi connectivity index (χ1) is 34.9. The molecule has 2 aliphatic rings. The van der Waals surface area contributed by atoms with E-state index in [1.807, 2.05) is 81.4 Å². The van der Waals surface area contributed by atoms with Gasteiger partial charge in [0, 0.05) is 26.6 Å². The second-order valence-corrected chi connectivity index (χ2v) is 20.2. The Morgan fingerprint density at radius 2 is 1.33 bits per heavy atom. The summed E-state index contributed by atoms with van der Waals surface area (Å²) in [6.07, 6.45) is 1.75. The lowest BCUT2D eigenvalue weighted by Gasteiger charge is -2.42. The first-order valence-corrected chi connectivity index (χ1v) is 25.4. The summed E-state index contributed by atoms with van der Waals surface area (Å²) in [5.74, 6) is -0.632. The molecule has 5 amide bonds. The van der Waals surface area contributed by atoms with Gasteiger partial charge in [-0.2, -0.15) is 0 Å². The van der Waals surface area contributed by atoms with Crippen LogP contribution in [0.2, 0.25) is 0 Å². The minimum atomic E-state index is -1.05. The van der Waals surface area contributed by atoms with Crippen molar-refractivity contribution >= 4 is 29.9 Å². The molecule has 5 rings (SSSR count). The highest BCUT2D eigenvalue weighted by Gasteiger charge is 2.43. The maximum Gasteiger partial charge on any atom is 0.410 e. The molecule has 4 atom stereocenters. The molecule has 0 fully saturated rings. The molecule has 402 valence electrons. The zero-order valence-corrected chi connectivity index (χ0v) is 44.2. The minimum Gasteiger partial charge on any atom is -0.491 e. The Bertz CT molecular complexity index is 2220. The Morgan fingerprint density at radius 3 is 1.96 bits per heavy atom. The molecule has 0 aromatic heterocycles. The molecule has 0 bridgehead atoms. The van der Waals surface area contributed by atoms with E-state index >= 15 is 0 Å². The standard InChI is InChI=1S/C55H79N5O13/c1-39(59(8)53(65)72-38-40-15-10-9-11-16-40)49(61)58-48(54(2,3)4)51(63)60-37-43-35-44(22-21-42(43)36-47(60)50(62)57-46-20-14-18-41-17-12-13-19-45(41)46)71-34-33-70-32-31-69-30-29-68-28-27-67-26-25-66-24-23-56-52(64)73-55(5,6)7/h9-13,15-17,19,21-22,35,39,46-48H,14,18,20,23-34,36-38H2,1-8H3,(H,56,64)(H,57,62)(H,58,61)/t39-,46+,47-,48+/m0/s1. The number of carbonyl (C=O) groups is 5. The number of fused-ring (bicyclic) bond motifs is 2. The van der Waals surface area contributed by atoms with Crippen molar-refractivity contribution in [2.45, 2.75) is 117 Å². The van der Waals surface area contributed by atoms with E-state index in [1.165, 1.54) is 17.5 Å². The number of likely N-dealkylation sites (N-methyl/N-ethyl adjacent to an activating group) is 1. The summed E-state index contributed by atoms with van der Waals surface area (Å²) in [6.45, 7) is 17.3. The van der Waals surface area contributed by atoms with E-state index in [9.17, 15) is 24.0 Å². The largest absolute Gasteiger partial charge is 0.491 e. The summed E-state index contributed by atoms with van der Waals surface area (Å²) in [6, 6.07) is 20.0. The number of hydrogen-bond donors (Lipinski definition) is 3. The average Bonchev–Trinajstić information content (AvgIpc) is 3.36. The lowest BCUT2D eigenvalue weighted by molar-refractivity contribution is -0.147. The second kappa shape index (κ2) is 29.2. The quantitative estimate of drug-likeness (QED) is 0.0719. The van der Waals surface area contributed by atoms with E-state index in [1.54, 1.807) is 32.6 Å². The van der Waals surface area contributed by atoms with Crippen molar-refractivity contribution in [3.63, 3.8) is 0 Å². The number of amides is 5. The van der Waals surface area contributed by atoms with Crippen LogP contribution in [0.3, 0.4) is 0 Å². The molecule has 18 heteroatoms. The van der Waals surface area contributed by atoms with Gasteiger partial charge in [0.25, 0.3) is 0 Å². The van der Waals surface area contributed by atoms with Gasteiger partial charge in [0.2, 0.25) is 17.7 Å². The molecular weight excluding hydrogens is 939 g/mol. The third-order valence-electron chi connectivity index (χ3n) is 12.3. The summed E-state index contributed by atoms with van der Waals surface area (Å²) in [4.78, 5) is 70.9. The number of alkyl carbamates (subject to hydrolysis) is 1. The molecule has 0 unspecified atom stereocenters. The summed E-state index contributed by atoms with van der Waals surface area (Å²) in [5, 5.41) is 8.88. The number of nitrogens with zero attached hydrogens (tertiary/aromatic N) is 2. The molecule has 3 N–H and O–H groups in total. The summed E-state index contributed by atoms with van der Waals surface area (Å²) in [7, 11) is 1.48. The van der Waals surface area contributed by atoms with Gasteiger partial charge in [-0.15, -0.1) is 0 Å². The molecule has 3 aromatic carbocycles. The predicted octanol–water partition coefficient (Wildman–Crippen LogP) is 6.31. The van der Waals surface area contributed by atoms with Gasteiger partial charge in [-0.3, -0.25) is 19.3 Å². The van der Waals surface area contributed by atoms with Crippen molar-refractivity contribution in [2.24, 2.45) is 5.41 Å². The fraction of sp³-hybridized carbons (Fsp3) is 0.582. The molecule has 0 saturated carbocycles. The number of ether oxygens (including phenoxy) is 8. The second-order valence-electron chi connectivity index (χ2n) is 20.2. The Kier molecular flexibility index (Phi) is 23.2. The number of carbonyl (C=O) groups excluding carboxylic acids is 5. The minimum absolute atomic E-state index is 0.0427. The number of rotatable bonds is 27. The van der Waals surface area contributed by atoms with Crippen molar-refractivity contribution in [2.75, 3.05) is 86.3 Å². The van der Waals surface area contributed by atoms with Crippen molar-refractivity contribution in [3.8, 4) is 5.75 Å². The van der Waals surface area contributed by atoms with Gasteiger partial charge in [-0.25, -0.2) is 9.59 Å². The Balaban J connectivity index is 1.08. The molecule has 73 heavy (non-hydrogen) atoms. The van der Waals surface area contributed by atoms with E-state index in [0.29, 0.717) is 78.4 Å². The van der Waals surface area contributed by atoms with Crippen LogP contribution in [0.4, 0.5) is 9.59 Å². The molecule has 0 spiro atoms. The summed E-state index contributed by atoms with van der Waals surface area (Å²) < 4.78 is 44.6. The van der Waals surface area contributed by atoms with Gasteiger partial charge in [0.05, 0.1) is 72.1 Å². The van der Waals surface area contributed by atoms with Crippen LogP contribution in [0.1, 0.15) is 95.2 Å². The maximum absolute atomic E-state index is 15.0. The van der Waals surface area contributed by atoms with E-state index in [0.717, 1.165) is 41.5 Å². The van der Waals surface area contributed by atoms with Crippen LogP contribution in [0.5, 0.6) is 5.75 Å². The van der Waals surface area contributed by atoms with Crippen LogP contribution in [0.15, 0.2) is 72.8 Å². The van der Waals surface area contributed by atoms with Gasteiger partial charge in [0.15, 0.2) is 0 Å². The third-order valence-corrected chi connectivity index (χ3v) is 12.3. The molecule has 1 aliphatic heterocycles. The lowest BCUT2D eigenvalue weighted by atomic mass is 9.83. The van der Waals surface area contributed by atoms with Crippen LogP contribution in [0.25, 0.3) is 0 Å². The monoisotopic (exact) mass is 1020 g/mol. The molecule has 3 aromatic rings. The van der Waals surface area contributed by atoms with Gasteiger partial charge < -0.3 is 58.7 Å². The fourth-order valence-electron chi connectivity index (χ4n) is 8.26. The molecule has 18 nitrogen and oxygen atoms in total. The molecule has 1 aliphatic carbocycles. The van der Waals surface area contributed by atoms with Gasteiger partial charge >= 0.3 is 12.2 Å². The van der Waals surface area contributed by atoms with Crippen LogP contribution < -0.4 is 20.7 Å². The van der Waals surface area contributed by atoms with E-state index < -0.39 is 53.1 Å². The maximum atomic E-state index is 15.0. The Hall–Kier alpha value is -5.79. The number of hydrogen-bond acceptors (Lipinski definition) is 13. The molecule has 0 radical (unpaired) electrons. The SMILES string of the molecule is C[C@@H](C(=O)N[C@H](C(=O)N1Cc2cc(OCCOCCOCCOCCOCCOCCNC(=O)OC(C)(C)C)ccc2C[C@H]1C(=O)N[C@@H]1CCCc2ccccc21)C(C)(C)C)N(C)C(=O)OCc1ccccc1. The Labute approximate surface area is 431 Å². The number of aryl methyl sites for hydroxylation is 1. The predicted molar refractivity (Wildman–Crippen MR) is 274 cm³/mol. The molecule has 1 heterocycles. The zero-order valence-electron chi connectivity index (χ0n) is 44.2. The van der Waals surface area contributed by atoms with Gasteiger partial charge in [0.1, 0.15) is 42.7 Å². The zero-order chi connectivity index (χ0) is 52.8. The normalized spacial score (nSPS) is 16.2. The number of nitrogens with one attached hydrogen (secondary N) is 3. The van der Waals surface area contributed by atoms with Crippen molar-refractivity contribution in [3.05, 3.63) is 101 Å². The summed E-state index contributed by atoms with van der Waals surface area (Å²) >= 11 is 0. The van der Waals surface area contributed by atoms with Crippen molar-refractivity contribution in [1.29, 1.82) is 0 Å². The van der Waals surface area contributed by atoms with Gasteiger partial charge in [-0.1, -0.05) is 81.4 Å². The highest BCUT2D eigenvalue weighted by Crippen LogP contribution is 2.33. The third kappa shape index (κ3) is 19.5. The molecule has 0 saturated heterocycles. The first-order valence-electron chi connectivity index (χ1n) is 25.4. The fourth-order valence-corrected chi connectivity index (χ4v) is 8.26. The van der Waals surface area contributed by atoms with E-state index in [2.05, 4.69) is 28.1 Å². The van der Waals surface area contributed by atoms with Crippen LogP contribution in [-0.4, -0.2) is 150 Å².